The maximum absolute atomic E-state index is 12.1. The van der Waals surface area contributed by atoms with Crippen LogP contribution in [0.5, 0.6) is 5.75 Å². The average molecular weight is 413 g/mol. The van der Waals surface area contributed by atoms with E-state index in [1.807, 2.05) is 0 Å². The van der Waals surface area contributed by atoms with Gasteiger partial charge in [-0.2, -0.15) is 0 Å². The highest BCUT2D eigenvalue weighted by Crippen LogP contribution is 2.42. The molecule has 2 aliphatic rings. The lowest BCUT2D eigenvalue weighted by atomic mass is 10.0. The van der Waals surface area contributed by atoms with Gasteiger partial charge in [-0.15, -0.1) is 11.3 Å². The number of hydrogen-bond donors (Lipinski definition) is 3. The van der Waals surface area contributed by atoms with Crippen molar-refractivity contribution in [2.45, 2.75) is 17.9 Å². The van der Waals surface area contributed by atoms with E-state index in [9.17, 15) is 19.8 Å². The lowest BCUT2D eigenvalue weighted by Crippen LogP contribution is -2.37. The number of ether oxygens (including phenoxy) is 1. The number of hydrogen-bond acceptors (Lipinski definition) is 7. The van der Waals surface area contributed by atoms with Crippen LogP contribution in [0.2, 0.25) is 0 Å². The first-order valence-corrected chi connectivity index (χ1v) is 9.84. The number of thiazole rings is 1. The lowest BCUT2D eigenvalue weighted by molar-refractivity contribution is -0.137. The van der Waals surface area contributed by atoms with Crippen LogP contribution in [0.25, 0.3) is 11.3 Å². The normalized spacial score (nSPS) is 22.8. The van der Waals surface area contributed by atoms with E-state index in [0.29, 0.717) is 29.1 Å². The van der Waals surface area contributed by atoms with Gasteiger partial charge in [-0.05, 0) is 18.2 Å². The number of benzene rings is 1. The van der Waals surface area contributed by atoms with E-state index in [-0.39, 0.29) is 30.6 Å². The Morgan fingerprint density at radius 1 is 1.52 bits per heavy atom. The van der Waals surface area contributed by atoms with Crippen LogP contribution in [0, 0.1) is 11.8 Å². The molecule has 2 atom stereocenters. The molecule has 0 unspecified atom stereocenters. The van der Waals surface area contributed by atoms with Crippen molar-refractivity contribution in [3.8, 4) is 28.8 Å². The Morgan fingerprint density at radius 2 is 2.31 bits per heavy atom. The Bertz CT molecular complexity index is 1070. The van der Waals surface area contributed by atoms with Gasteiger partial charge in [0.05, 0.1) is 24.8 Å². The lowest BCUT2D eigenvalue weighted by Gasteiger charge is -2.13. The van der Waals surface area contributed by atoms with E-state index in [2.05, 4.69) is 16.8 Å². The third-order valence-corrected chi connectivity index (χ3v) is 6.29. The van der Waals surface area contributed by atoms with Crippen molar-refractivity contribution >= 4 is 23.2 Å². The highest BCUT2D eigenvalue weighted by Gasteiger charge is 2.42. The van der Waals surface area contributed by atoms with Gasteiger partial charge in [-0.1, -0.05) is 11.8 Å². The van der Waals surface area contributed by atoms with Crippen LogP contribution < -0.4 is 10.5 Å². The third-order valence-electron chi connectivity index (χ3n) is 5.05. The molecule has 0 radical (unpaired) electrons. The summed E-state index contributed by atoms with van der Waals surface area (Å²) < 4.78 is 5.81. The average Bonchev–Trinajstić information content (AvgIpc) is 3.21. The zero-order valence-electron chi connectivity index (χ0n) is 15.6. The maximum Gasteiger partial charge on any atom is 0.277 e. The van der Waals surface area contributed by atoms with Crippen LogP contribution in [-0.2, 0) is 4.79 Å². The van der Waals surface area contributed by atoms with Gasteiger partial charge in [0.2, 0.25) is 5.60 Å². The number of primary amides is 1. The standard InChI is InChI=1S/C20H19N3O5S/c1-23-7-6-20(27,19(23)26)5-4-11-2-3-14-13(8-11)15-16(12(9-24)10-28-14)29-18(22-15)17(21)25/h2-3,8,12,24,27H,6-7,9-10H2,1H3,(H2,21,25)/t12-,20+/m1/s1. The molecule has 1 saturated heterocycles. The van der Waals surface area contributed by atoms with Crippen molar-refractivity contribution in [2.75, 3.05) is 26.8 Å². The van der Waals surface area contributed by atoms with Crippen LogP contribution in [0.15, 0.2) is 18.2 Å². The molecule has 9 heteroatoms. The first kappa shape index (κ1) is 19.4. The number of amides is 2. The highest BCUT2D eigenvalue weighted by molar-refractivity contribution is 7.14. The number of likely N-dealkylation sites (N-methyl/N-ethyl adjacent to an activating group) is 1. The van der Waals surface area contributed by atoms with Gasteiger partial charge >= 0.3 is 0 Å². The van der Waals surface area contributed by atoms with E-state index in [0.717, 1.165) is 16.2 Å². The molecule has 1 aromatic heterocycles. The summed E-state index contributed by atoms with van der Waals surface area (Å²) in [6.45, 7) is 0.530. The van der Waals surface area contributed by atoms with Gasteiger partial charge in [0, 0.05) is 36.0 Å². The number of carbonyl (C=O) groups excluding carboxylic acids is 2. The third kappa shape index (κ3) is 3.35. The van der Waals surface area contributed by atoms with Crippen LogP contribution in [-0.4, -0.2) is 64.3 Å². The van der Waals surface area contributed by atoms with Gasteiger partial charge in [-0.3, -0.25) is 9.59 Å². The summed E-state index contributed by atoms with van der Waals surface area (Å²) in [4.78, 5) is 30.2. The second kappa shape index (κ2) is 7.15. The zero-order valence-corrected chi connectivity index (χ0v) is 16.5. The van der Waals surface area contributed by atoms with Crippen molar-refractivity contribution in [3.05, 3.63) is 33.6 Å². The first-order valence-electron chi connectivity index (χ1n) is 9.02. The fraction of sp³-hybridized carbons (Fsp3) is 0.350. The van der Waals surface area contributed by atoms with Crippen LogP contribution in [0.4, 0.5) is 0 Å². The summed E-state index contributed by atoms with van der Waals surface area (Å²) in [7, 11) is 1.62. The molecular weight excluding hydrogens is 394 g/mol. The predicted molar refractivity (Wildman–Crippen MR) is 105 cm³/mol. The van der Waals surface area contributed by atoms with E-state index < -0.39 is 17.4 Å². The summed E-state index contributed by atoms with van der Waals surface area (Å²) >= 11 is 1.14. The molecule has 0 aliphatic carbocycles. The molecule has 29 heavy (non-hydrogen) atoms. The Morgan fingerprint density at radius 3 is 2.97 bits per heavy atom. The SMILES string of the molecule is CN1CC[C@@](O)(C#Cc2ccc3c(c2)-c2nc(C(N)=O)sc2[C@H](CO)CO3)C1=O. The zero-order chi connectivity index (χ0) is 20.8. The summed E-state index contributed by atoms with van der Waals surface area (Å²) in [6.07, 6.45) is 0.250. The second-order valence-corrected chi connectivity index (χ2v) is 8.12. The molecule has 1 aromatic carbocycles. The number of carbonyl (C=O) groups is 2. The van der Waals surface area contributed by atoms with Gasteiger partial charge in [0.25, 0.3) is 11.8 Å². The molecule has 4 rings (SSSR count). The number of likely N-dealkylation sites (tertiary alicyclic amines) is 1. The molecule has 3 heterocycles. The van der Waals surface area contributed by atoms with Gasteiger partial charge in [0.15, 0.2) is 5.01 Å². The first-order chi connectivity index (χ1) is 13.8. The minimum absolute atomic E-state index is 0.156. The van der Waals surface area contributed by atoms with E-state index in [4.69, 9.17) is 10.5 Å². The highest BCUT2D eigenvalue weighted by atomic mass is 32.1. The number of aliphatic hydroxyl groups excluding tert-OH is 1. The van der Waals surface area contributed by atoms with Crippen molar-refractivity contribution in [3.63, 3.8) is 0 Å². The summed E-state index contributed by atoms with van der Waals surface area (Å²) in [5.41, 5.74) is 5.40. The van der Waals surface area contributed by atoms with Crippen molar-refractivity contribution in [1.29, 1.82) is 0 Å². The molecule has 0 spiro atoms. The molecule has 2 aromatic rings. The minimum atomic E-state index is -1.69. The van der Waals surface area contributed by atoms with Crippen molar-refractivity contribution in [1.82, 2.24) is 9.88 Å². The summed E-state index contributed by atoms with van der Waals surface area (Å²) in [6, 6.07) is 5.18. The molecule has 4 N–H and O–H groups in total. The number of nitrogens with zero attached hydrogens (tertiary/aromatic N) is 2. The second-order valence-electron chi connectivity index (χ2n) is 7.08. The number of fused-ring (bicyclic) bond motifs is 3. The van der Waals surface area contributed by atoms with Crippen molar-refractivity contribution in [2.24, 2.45) is 5.73 Å². The van der Waals surface area contributed by atoms with Crippen LogP contribution in [0.1, 0.15) is 32.6 Å². The fourth-order valence-corrected chi connectivity index (χ4v) is 4.38. The van der Waals surface area contributed by atoms with Gasteiger partial charge in [-0.25, -0.2) is 4.98 Å². The van der Waals surface area contributed by atoms with Gasteiger partial charge in [0.1, 0.15) is 5.75 Å². The van der Waals surface area contributed by atoms with Crippen LogP contribution in [0.3, 0.4) is 0 Å². The molecule has 2 aliphatic heterocycles. The number of aliphatic hydroxyl groups is 2. The number of nitrogens with two attached hydrogens (primary N) is 1. The predicted octanol–water partition coefficient (Wildman–Crippen LogP) is 0.322. The monoisotopic (exact) mass is 413 g/mol. The minimum Gasteiger partial charge on any atom is -0.492 e. The fourth-order valence-electron chi connectivity index (χ4n) is 3.37. The molecular formula is C20H19N3O5S. The number of aromatic nitrogens is 1. The van der Waals surface area contributed by atoms with E-state index >= 15 is 0 Å². The molecule has 1 fully saturated rings. The number of rotatable bonds is 2. The Hall–Kier alpha value is -2.93. The smallest absolute Gasteiger partial charge is 0.277 e. The quantitative estimate of drug-likeness (QED) is 0.609. The Labute approximate surface area is 170 Å². The van der Waals surface area contributed by atoms with Gasteiger partial charge < -0.3 is 25.6 Å². The van der Waals surface area contributed by atoms with E-state index in [1.54, 1.807) is 25.2 Å². The Kier molecular flexibility index (Phi) is 4.78. The summed E-state index contributed by atoms with van der Waals surface area (Å²) in [5.74, 6) is 4.72. The summed E-state index contributed by atoms with van der Waals surface area (Å²) in [5, 5.41) is 20.4. The largest absolute Gasteiger partial charge is 0.492 e. The molecule has 8 nitrogen and oxygen atoms in total. The molecule has 2 amide bonds. The molecule has 0 bridgehead atoms. The van der Waals surface area contributed by atoms with Crippen LogP contribution >= 0.6 is 11.3 Å². The van der Waals surface area contributed by atoms with E-state index in [1.165, 1.54) is 4.90 Å². The topological polar surface area (TPSA) is 126 Å². The molecule has 150 valence electrons. The Balaban J connectivity index is 1.77. The molecule has 0 saturated carbocycles. The van der Waals surface area contributed by atoms with Crippen molar-refractivity contribution < 1.29 is 24.5 Å². The maximum atomic E-state index is 12.1.